The van der Waals surface area contributed by atoms with Crippen LogP contribution in [0.25, 0.3) is 0 Å². The Kier molecular flexibility index (Phi) is 3.55. The molecule has 0 bridgehead atoms. The number of hydrogen-bond acceptors (Lipinski definition) is 5. The number of anilines is 1. The highest BCUT2D eigenvalue weighted by atomic mass is 32.2. The summed E-state index contributed by atoms with van der Waals surface area (Å²) in [6.45, 7) is 0.258. The Bertz CT molecular complexity index is 729. The zero-order valence-electron chi connectivity index (χ0n) is 9.83. The van der Waals surface area contributed by atoms with Gasteiger partial charge in [0, 0.05) is 0 Å². The maximum absolute atomic E-state index is 11.0. The summed E-state index contributed by atoms with van der Waals surface area (Å²) in [5, 5.41) is 16.6. The van der Waals surface area contributed by atoms with E-state index in [2.05, 4.69) is 11.4 Å². The van der Waals surface area contributed by atoms with Gasteiger partial charge in [-0.2, -0.15) is 5.26 Å². The molecule has 0 radical (unpaired) electrons. The van der Waals surface area contributed by atoms with E-state index < -0.39 is 10.0 Å². The first-order chi connectivity index (χ1) is 9.00. The maximum Gasteiger partial charge on any atom is 0.271 e. The Morgan fingerprint density at radius 2 is 2.00 bits per heavy atom. The van der Waals surface area contributed by atoms with Crippen molar-refractivity contribution in [1.82, 2.24) is 0 Å². The number of benzene rings is 1. The molecule has 0 atom stereocenters. The topological polar surface area (TPSA) is 109 Å². The minimum atomic E-state index is -3.82. The normalized spacial score (nSPS) is 10.9. The lowest BCUT2D eigenvalue weighted by Crippen LogP contribution is -2.10. The minimum Gasteiger partial charge on any atom is -0.446 e. The summed E-state index contributed by atoms with van der Waals surface area (Å²) in [4.78, 5) is 0. The summed E-state index contributed by atoms with van der Waals surface area (Å²) in [7, 11) is -3.82. The fourth-order valence-corrected chi connectivity index (χ4v) is 2.00. The Balaban J connectivity index is 2.12. The van der Waals surface area contributed by atoms with E-state index in [0.717, 1.165) is 0 Å². The number of nitriles is 1. The van der Waals surface area contributed by atoms with Crippen molar-refractivity contribution < 1.29 is 12.8 Å². The summed E-state index contributed by atoms with van der Waals surface area (Å²) >= 11 is 0. The number of nitrogens with two attached hydrogens (primary N) is 1. The van der Waals surface area contributed by atoms with Crippen LogP contribution in [0.3, 0.4) is 0 Å². The van der Waals surface area contributed by atoms with Crippen LogP contribution in [0.1, 0.15) is 11.3 Å². The number of para-hydroxylation sites is 1. The molecule has 6 nitrogen and oxygen atoms in total. The molecule has 2 rings (SSSR count). The summed E-state index contributed by atoms with van der Waals surface area (Å²) in [6.07, 6.45) is 0. The lowest BCUT2D eigenvalue weighted by atomic mass is 10.2. The van der Waals surface area contributed by atoms with Crippen molar-refractivity contribution in [2.24, 2.45) is 5.14 Å². The molecule has 0 aliphatic carbocycles. The van der Waals surface area contributed by atoms with Gasteiger partial charge in [0.1, 0.15) is 11.8 Å². The van der Waals surface area contributed by atoms with Crippen LogP contribution in [-0.2, 0) is 16.6 Å². The monoisotopic (exact) mass is 277 g/mol. The van der Waals surface area contributed by atoms with Gasteiger partial charge in [0.25, 0.3) is 10.0 Å². The standard InChI is InChI=1S/C12H11N3O3S/c13-7-9-3-1-2-4-11(9)15-8-10-5-6-12(18-10)19(14,16)17/h1-6,15H,8H2,(H2,14,16,17). The van der Waals surface area contributed by atoms with Crippen molar-refractivity contribution in [3.63, 3.8) is 0 Å². The van der Waals surface area contributed by atoms with Gasteiger partial charge in [0.15, 0.2) is 0 Å². The largest absolute Gasteiger partial charge is 0.446 e. The average molecular weight is 277 g/mol. The van der Waals surface area contributed by atoms with E-state index in [0.29, 0.717) is 17.0 Å². The Hall–Kier alpha value is -2.30. The van der Waals surface area contributed by atoms with Gasteiger partial charge in [-0.1, -0.05) is 12.1 Å². The molecule has 0 amide bonds. The van der Waals surface area contributed by atoms with Gasteiger partial charge in [0.2, 0.25) is 5.09 Å². The third kappa shape index (κ3) is 3.13. The summed E-state index contributed by atoms with van der Waals surface area (Å²) in [5.41, 5.74) is 1.15. The first-order valence-electron chi connectivity index (χ1n) is 5.35. The molecule has 3 N–H and O–H groups in total. The second-order valence-electron chi connectivity index (χ2n) is 3.78. The van der Waals surface area contributed by atoms with Gasteiger partial charge in [-0.15, -0.1) is 0 Å². The van der Waals surface area contributed by atoms with Crippen molar-refractivity contribution in [3.8, 4) is 6.07 Å². The van der Waals surface area contributed by atoms with Crippen molar-refractivity contribution in [2.45, 2.75) is 11.6 Å². The summed E-state index contributed by atoms with van der Waals surface area (Å²) < 4.78 is 27.2. The van der Waals surface area contributed by atoms with E-state index in [1.54, 1.807) is 24.3 Å². The van der Waals surface area contributed by atoms with Crippen molar-refractivity contribution in [3.05, 3.63) is 47.7 Å². The zero-order chi connectivity index (χ0) is 13.9. The first kappa shape index (κ1) is 13.1. The van der Waals surface area contributed by atoms with Gasteiger partial charge in [-0.25, -0.2) is 13.6 Å². The molecule has 0 fully saturated rings. The van der Waals surface area contributed by atoms with Gasteiger partial charge in [-0.3, -0.25) is 0 Å². The SMILES string of the molecule is N#Cc1ccccc1NCc1ccc(S(N)(=O)=O)o1. The van der Waals surface area contributed by atoms with E-state index in [9.17, 15) is 8.42 Å². The maximum atomic E-state index is 11.0. The molecule has 0 aliphatic heterocycles. The molecule has 1 heterocycles. The van der Waals surface area contributed by atoms with E-state index in [1.807, 2.05) is 0 Å². The Morgan fingerprint density at radius 3 is 2.63 bits per heavy atom. The van der Waals surface area contributed by atoms with E-state index in [-0.39, 0.29) is 11.6 Å². The van der Waals surface area contributed by atoms with Crippen LogP contribution in [0.2, 0.25) is 0 Å². The zero-order valence-corrected chi connectivity index (χ0v) is 10.6. The number of hydrogen-bond donors (Lipinski definition) is 2. The van der Waals surface area contributed by atoms with E-state index >= 15 is 0 Å². The minimum absolute atomic E-state index is 0.258. The smallest absolute Gasteiger partial charge is 0.271 e. The van der Waals surface area contributed by atoms with Crippen LogP contribution in [-0.4, -0.2) is 8.42 Å². The predicted octanol–water partition coefficient (Wildman–Crippen LogP) is 1.41. The lowest BCUT2D eigenvalue weighted by Gasteiger charge is -2.05. The van der Waals surface area contributed by atoms with Crippen molar-refractivity contribution in [2.75, 3.05) is 5.32 Å². The third-order valence-electron chi connectivity index (χ3n) is 2.42. The van der Waals surface area contributed by atoms with Crippen LogP contribution in [0.15, 0.2) is 45.9 Å². The highest BCUT2D eigenvalue weighted by Crippen LogP contribution is 2.17. The Morgan fingerprint density at radius 1 is 1.26 bits per heavy atom. The molecule has 0 saturated heterocycles. The van der Waals surface area contributed by atoms with Crippen LogP contribution in [0.5, 0.6) is 0 Å². The fourth-order valence-electron chi connectivity index (χ4n) is 1.52. The molecule has 98 valence electrons. The number of rotatable bonds is 4. The number of sulfonamides is 1. The lowest BCUT2D eigenvalue weighted by molar-refractivity contribution is 0.419. The molecule has 1 aromatic carbocycles. The number of primary sulfonamides is 1. The molecule has 0 unspecified atom stereocenters. The fraction of sp³-hybridized carbons (Fsp3) is 0.0833. The van der Waals surface area contributed by atoms with Crippen molar-refractivity contribution in [1.29, 1.82) is 5.26 Å². The van der Waals surface area contributed by atoms with E-state index in [1.165, 1.54) is 12.1 Å². The van der Waals surface area contributed by atoms with Crippen LogP contribution >= 0.6 is 0 Å². The third-order valence-corrected chi connectivity index (χ3v) is 3.20. The van der Waals surface area contributed by atoms with E-state index in [4.69, 9.17) is 14.8 Å². The molecule has 1 aromatic heterocycles. The highest BCUT2D eigenvalue weighted by Gasteiger charge is 2.13. The number of furan rings is 1. The molecular weight excluding hydrogens is 266 g/mol. The molecule has 7 heteroatoms. The number of nitrogens with zero attached hydrogens (tertiary/aromatic N) is 1. The van der Waals surface area contributed by atoms with Crippen molar-refractivity contribution >= 4 is 15.7 Å². The number of nitrogens with one attached hydrogen (secondary N) is 1. The predicted molar refractivity (Wildman–Crippen MR) is 68.6 cm³/mol. The van der Waals surface area contributed by atoms with Gasteiger partial charge >= 0.3 is 0 Å². The summed E-state index contributed by atoms with van der Waals surface area (Å²) in [6, 6.07) is 11.8. The average Bonchev–Trinajstić information content (AvgIpc) is 2.85. The summed E-state index contributed by atoms with van der Waals surface area (Å²) in [5.74, 6) is 0.414. The molecule has 0 aliphatic rings. The second kappa shape index (κ2) is 5.14. The highest BCUT2D eigenvalue weighted by molar-refractivity contribution is 7.89. The van der Waals surface area contributed by atoms with Crippen LogP contribution in [0, 0.1) is 11.3 Å². The van der Waals surface area contributed by atoms with Gasteiger partial charge in [-0.05, 0) is 24.3 Å². The molecule has 2 aromatic rings. The molecular formula is C12H11N3O3S. The first-order valence-corrected chi connectivity index (χ1v) is 6.90. The van der Waals surface area contributed by atoms with Crippen LogP contribution < -0.4 is 10.5 Å². The molecule has 0 spiro atoms. The quantitative estimate of drug-likeness (QED) is 0.878. The Labute approximate surface area is 110 Å². The van der Waals surface area contributed by atoms with Crippen LogP contribution in [0.4, 0.5) is 5.69 Å². The second-order valence-corrected chi connectivity index (χ2v) is 5.27. The van der Waals surface area contributed by atoms with Gasteiger partial charge in [0.05, 0.1) is 17.8 Å². The molecule has 19 heavy (non-hydrogen) atoms. The van der Waals surface area contributed by atoms with Gasteiger partial charge < -0.3 is 9.73 Å². The molecule has 0 saturated carbocycles.